The van der Waals surface area contributed by atoms with Crippen molar-refractivity contribution in [1.82, 2.24) is 0 Å². The molecule has 0 spiro atoms. The van der Waals surface area contributed by atoms with Crippen LogP contribution >= 0.6 is 23.2 Å². The smallest absolute Gasteiger partial charge is 0.261 e. The maximum Gasteiger partial charge on any atom is 0.261 e. The summed E-state index contributed by atoms with van der Waals surface area (Å²) in [5.74, 6) is 1.23. The molecule has 0 bridgehead atoms. The number of sulfonamides is 1. The highest BCUT2D eigenvalue weighted by atomic mass is 35.5. The Balaban J connectivity index is 1.47. The van der Waals surface area contributed by atoms with Gasteiger partial charge < -0.3 is 14.8 Å². The average molecular weight is 531 g/mol. The van der Waals surface area contributed by atoms with E-state index in [1.807, 2.05) is 18.2 Å². The van der Waals surface area contributed by atoms with Crippen molar-refractivity contribution in [2.24, 2.45) is 5.92 Å². The lowest BCUT2D eigenvalue weighted by atomic mass is 9.77. The summed E-state index contributed by atoms with van der Waals surface area (Å²) in [6.07, 6.45) is 5.16. The summed E-state index contributed by atoms with van der Waals surface area (Å²) >= 11 is 12.6. The van der Waals surface area contributed by atoms with E-state index < -0.39 is 10.0 Å². The molecular weight excluding hydrogens is 507 g/mol. The fraction of sp³-hybridized carbons (Fsp3) is 0.231. The first kappa shape index (κ1) is 23.9. The molecule has 1 heterocycles. The van der Waals surface area contributed by atoms with Crippen LogP contribution in [0.5, 0.6) is 11.5 Å². The zero-order valence-corrected chi connectivity index (χ0v) is 21.4. The zero-order valence-electron chi connectivity index (χ0n) is 19.1. The van der Waals surface area contributed by atoms with E-state index in [-0.39, 0.29) is 22.8 Å². The molecule has 5 rings (SSSR count). The molecule has 0 saturated heterocycles. The van der Waals surface area contributed by atoms with E-state index in [0.29, 0.717) is 27.2 Å². The van der Waals surface area contributed by atoms with Gasteiger partial charge in [-0.15, -0.1) is 0 Å². The summed E-state index contributed by atoms with van der Waals surface area (Å²) < 4.78 is 39.7. The summed E-state index contributed by atoms with van der Waals surface area (Å²) in [4.78, 5) is 0.190. The molecule has 0 unspecified atom stereocenters. The highest BCUT2D eigenvalue weighted by Gasteiger charge is 2.39. The van der Waals surface area contributed by atoms with E-state index >= 15 is 0 Å². The molecule has 3 atom stereocenters. The van der Waals surface area contributed by atoms with Gasteiger partial charge in [-0.1, -0.05) is 41.4 Å². The minimum absolute atomic E-state index is 0.0142. The van der Waals surface area contributed by atoms with Gasteiger partial charge >= 0.3 is 0 Å². The number of hydrogen-bond donors (Lipinski definition) is 2. The van der Waals surface area contributed by atoms with E-state index in [1.165, 1.54) is 14.2 Å². The molecule has 0 fully saturated rings. The number of halogens is 2. The van der Waals surface area contributed by atoms with Crippen LogP contribution in [-0.4, -0.2) is 22.6 Å². The Kier molecular flexibility index (Phi) is 6.34. The van der Waals surface area contributed by atoms with Gasteiger partial charge in [0.1, 0.15) is 0 Å². The van der Waals surface area contributed by atoms with Gasteiger partial charge in [0.15, 0.2) is 11.5 Å². The van der Waals surface area contributed by atoms with Crippen LogP contribution in [0.1, 0.15) is 29.5 Å². The molecule has 0 radical (unpaired) electrons. The van der Waals surface area contributed by atoms with Crippen molar-refractivity contribution in [3.05, 3.63) is 87.9 Å². The average Bonchev–Trinajstić information content (AvgIpc) is 3.33. The Morgan fingerprint density at radius 3 is 2.49 bits per heavy atom. The van der Waals surface area contributed by atoms with E-state index in [1.54, 1.807) is 36.4 Å². The van der Waals surface area contributed by atoms with E-state index in [9.17, 15) is 8.42 Å². The number of methoxy groups -OCH3 is 2. The SMILES string of the molecule is COc1ccc(NS(=O)(=O)c2ccc3c(c2)[C@H]2C=CC[C@H]2[C@@H](c2ccc(Cl)cc2Cl)N3)cc1OC. The highest BCUT2D eigenvalue weighted by Crippen LogP contribution is 2.51. The summed E-state index contributed by atoms with van der Waals surface area (Å²) in [6, 6.07) is 15.6. The third-order valence-electron chi connectivity index (χ3n) is 6.58. The normalized spacial score (nSPS) is 20.5. The van der Waals surface area contributed by atoms with E-state index in [0.717, 1.165) is 23.2 Å². The molecule has 2 aliphatic rings. The molecule has 3 aromatic carbocycles. The predicted octanol–water partition coefficient (Wildman–Crippen LogP) is 6.64. The molecule has 0 amide bonds. The second-order valence-electron chi connectivity index (χ2n) is 8.57. The van der Waals surface area contributed by atoms with Gasteiger partial charge in [-0.25, -0.2) is 8.42 Å². The topological polar surface area (TPSA) is 76.7 Å². The van der Waals surface area contributed by atoms with Gasteiger partial charge in [-0.2, -0.15) is 0 Å². The number of ether oxygens (including phenoxy) is 2. The van der Waals surface area contributed by atoms with Gasteiger partial charge in [0, 0.05) is 27.7 Å². The first-order chi connectivity index (χ1) is 16.8. The largest absolute Gasteiger partial charge is 0.493 e. The summed E-state index contributed by atoms with van der Waals surface area (Å²) in [6.45, 7) is 0. The number of allylic oxidation sites excluding steroid dienone is 2. The quantitative estimate of drug-likeness (QED) is 0.349. The van der Waals surface area contributed by atoms with Crippen LogP contribution in [0.15, 0.2) is 71.6 Å². The highest BCUT2D eigenvalue weighted by molar-refractivity contribution is 7.92. The van der Waals surface area contributed by atoms with Crippen LogP contribution in [0.2, 0.25) is 10.0 Å². The van der Waals surface area contributed by atoms with Crippen LogP contribution in [0.25, 0.3) is 0 Å². The van der Waals surface area contributed by atoms with Crippen LogP contribution in [0.4, 0.5) is 11.4 Å². The Hall–Kier alpha value is -2.87. The van der Waals surface area contributed by atoms with Gasteiger partial charge in [0.25, 0.3) is 10.0 Å². The number of rotatable bonds is 6. The number of hydrogen-bond acceptors (Lipinski definition) is 5. The van der Waals surface area contributed by atoms with Crippen molar-refractivity contribution < 1.29 is 17.9 Å². The van der Waals surface area contributed by atoms with Crippen LogP contribution < -0.4 is 19.5 Å². The second-order valence-corrected chi connectivity index (χ2v) is 11.1. The Morgan fingerprint density at radius 2 is 1.74 bits per heavy atom. The van der Waals surface area contributed by atoms with Crippen LogP contribution in [-0.2, 0) is 10.0 Å². The first-order valence-corrected chi connectivity index (χ1v) is 13.3. The lowest BCUT2D eigenvalue weighted by molar-refractivity contribution is 0.355. The van der Waals surface area contributed by atoms with Gasteiger partial charge in [-0.05, 0) is 65.9 Å². The van der Waals surface area contributed by atoms with Crippen molar-refractivity contribution in [2.45, 2.75) is 23.3 Å². The zero-order chi connectivity index (χ0) is 24.7. The van der Waals surface area contributed by atoms with Crippen LogP contribution in [0.3, 0.4) is 0 Å². The molecule has 0 aromatic heterocycles. The van der Waals surface area contributed by atoms with Gasteiger partial charge in [0.2, 0.25) is 0 Å². The van der Waals surface area contributed by atoms with Crippen molar-refractivity contribution in [2.75, 3.05) is 24.3 Å². The molecule has 1 aliphatic carbocycles. The Labute approximate surface area is 214 Å². The third kappa shape index (κ3) is 4.44. The molecule has 6 nitrogen and oxygen atoms in total. The summed E-state index contributed by atoms with van der Waals surface area (Å²) in [5.41, 5.74) is 3.20. The monoisotopic (exact) mass is 530 g/mol. The Morgan fingerprint density at radius 1 is 0.943 bits per heavy atom. The minimum atomic E-state index is -3.83. The molecule has 182 valence electrons. The van der Waals surface area contributed by atoms with E-state index in [2.05, 4.69) is 22.2 Å². The summed E-state index contributed by atoms with van der Waals surface area (Å²) in [5, 5.41) is 4.79. The van der Waals surface area contributed by atoms with Crippen molar-refractivity contribution in [3.8, 4) is 11.5 Å². The van der Waals surface area contributed by atoms with Crippen LogP contribution in [0, 0.1) is 5.92 Å². The molecule has 0 saturated carbocycles. The number of anilines is 2. The lowest BCUT2D eigenvalue weighted by Crippen LogP contribution is -2.29. The van der Waals surface area contributed by atoms with Crippen molar-refractivity contribution in [1.29, 1.82) is 0 Å². The van der Waals surface area contributed by atoms with Gasteiger partial charge in [-0.3, -0.25) is 4.72 Å². The second kappa shape index (κ2) is 9.30. The van der Waals surface area contributed by atoms with Crippen molar-refractivity contribution in [3.63, 3.8) is 0 Å². The first-order valence-electron chi connectivity index (χ1n) is 11.1. The maximum atomic E-state index is 13.2. The Bertz CT molecular complexity index is 1420. The van der Waals surface area contributed by atoms with E-state index in [4.69, 9.17) is 32.7 Å². The lowest BCUT2D eigenvalue weighted by Gasteiger charge is -2.38. The summed E-state index contributed by atoms with van der Waals surface area (Å²) in [7, 11) is -0.802. The predicted molar refractivity (Wildman–Crippen MR) is 140 cm³/mol. The standard InChI is InChI=1S/C26H24Cl2N2O4S/c1-33-24-11-7-16(13-25(24)34-2)30-35(31,32)17-8-10-23-21(14-17)18-4-3-5-19(18)26(29-23)20-9-6-15(27)12-22(20)28/h3-4,6-14,18-19,26,29-30H,5H2,1-2H3/t18-,19+,26-/m0/s1. The number of fused-ring (bicyclic) bond motifs is 3. The molecule has 35 heavy (non-hydrogen) atoms. The number of nitrogens with one attached hydrogen (secondary N) is 2. The maximum absolute atomic E-state index is 13.2. The van der Waals surface area contributed by atoms with Gasteiger partial charge in [0.05, 0.1) is 30.8 Å². The molecule has 2 N–H and O–H groups in total. The molecule has 1 aliphatic heterocycles. The third-order valence-corrected chi connectivity index (χ3v) is 8.52. The van der Waals surface area contributed by atoms with Crippen molar-refractivity contribution >= 4 is 44.6 Å². The molecular formula is C26H24Cl2N2O4S. The fourth-order valence-corrected chi connectivity index (χ4v) is 6.53. The minimum Gasteiger partial charge on any atom is -0.493 e. The fourth-order valence-electron chi connectivity index (χ4n) is 4.92. The molecule has 3 aromatic rings. The molecule has 9 heteroatoms. The number of benzene rings is 3.